The molecule has 0 bridgehead atoms. The Balaban J connectivity index is 1.84. The number of carboxylic acid groups (broad SMARTS) is 1. The molecular weight excluding hydrogens is 358 g/mol. The fourth-order valence-electron chi connectivity index (χ4n) is 3.08. The standard InChI is InChI=1S/C22H29NO5/c1-23(2,13-12-17-8-10-20(27-3)11-9-17)15-19(24)16-28-21-7-5-4-6-18(21)14-22(25)26/h4-11,19,24H,12-16H2,1-3H3/p+1. The second-order valence-corrected chi connectivity index (χ2v) is 7.58. The van der Waals surface area contributed by atoms with Gasteiger partial charge in [0.15, 0.2) is 0 Å². The van der Waals surface area contributed by atoms with Crippen molar-refractivity contribution in [1.29, 1.82) is 0 Å². The van der Waals surface area contributed by atoms with Crippen molar-refractivity contribution in [1.82, 2.24) is 0 Å². The molecule has 2 rings (SSSR count). The monoisotopic (exact) mass is 388 g/mol. The predicted octanol–water partition coefficient (Wildman–Crippen LogP) is 2.38. The van der Waals surface area contributed by atoms with Gasteiger partial charge in [-0.05, 0) is 23.8 Å². The van der Waals surface area contributed by atoms with Gasteiger partial charge in [-0.15, -0.1) is 0 Å². The lowest BCUT2D eigenvalue weighted by molar-refractivity contribution is -0.893. The topological polar surface area (TPSA) is 76.0 Å². The number of likely N-dealkylation sites (N-methyl/N-ethyl adjacent to an activating group) is 1. The van der Waals surface area contributed by atoms with Crippen LogP contribution < -0.4 is 9.47 Å². The number of quaternary nitrogens is 1. The number of nitrogens with zero attached hydrogens (tertiary/aromatic N) is 1. The van der Waals surface area contributed by atoms with Crippen LogP contribution in [-0.2, 0) is 17.6 Å². The van der Waals surface area contributed by atoms with Gasteiger partial charge in [0.05, 0.1) is 34.2 Å². The number of carboxylic acids is 1. The summed E-state index contributed by atoms with van der Waals surface area (Å²) in [6.07, 6.45) is 0.144. The Labute approximate surface area is 166 Å². The zero-order valence-electron chi connectivity index (χ0n) is 16.8. The van der Waals surface area contributed by atoms with E-state index in [0.29, 0.717) is 22.3 Å². The van der Waals surface area contributed by atoms with Crippen molar-refractivity contribution in [2.24, 2.45) is 0 Å². The Morgan fingerprint density at radius 2 is 1.79 bits per heavy atom. The van der Waals surface area contributed by atoms with E-state index in [-0.39, 0.29) is 13.0 Å². The first-order valence-electron chi connectivity index (χ1n) is 9.34. The normalized spacial score (nSPS) is 12.4. The van der Waals surface area contributed by atoms with Gasteiger partial charge in [0.2, 0.25) is 0 Å². The summed E-state index contributed by atoms with van der Waals surface area (Å²) in [5, 5.41) is 19.4. The van der Waals surface area contributed by atoms with Crippen molar-refractivity contribution in [2.45, 2.75) is 18.9 Å². The maximum atomic E-state index is 11.0. The van der Waals surface area contributed by atoms with Crippen molar-refractivity contribution in [3.05, 3.63) is 59.7 Å². The number of hydrogen-bond donors (Lipinski definition) is 2. The van der Waals surface area contributed by atoms with Crippen molar-refractivity contribution in [3.63, 3.8) is 0 Å². The van der Waals surface area contributed by atoms with E-state index in [1.165, 1.54) is 5.56 Å². The molecule has 0 aliphatic carbocycles. The van der Waals surface area contributed by atoms with E-state index in [1.807, 2.05) is 12.1 Å². The first-order chi connectivity index (χ1) is 13.3. The number of methoxy groups -OCH3 is 1. The molecule has 2 aromatic carbocycles. The van der Waals surface area contributed by atoms with Gasteiger partial charge >= 0.3 is 5.97 Å². The molecule has 0 radical (unpaired) electrons. The van der Waals surface area contributed by atoms with Crippen LogP contribution in [0.1, 0.15) is 11.1 Å². The van der Waals surface area contributed by atoms with Gasteiger partial charge in [0.1, 0.15) is 30.8 Å². The lowest BCUT2D eigenvalue weighted by Crippen LogP contribution is -2.48. The van der Waals surface area contributed by atoms with Gasteiger partial charge in [-0.25, -0.2) is 0 Å². The SMILES string of the molecule is COc1ccc(CC[N+](C)(C)CC(O)COc2ccccc2CC(=O)O)cc1. The van der Waals surface area contributed by atoms with E-state index < -0.39 is 12.1 Å². The van der Waals surface area contributed by atoms with Crippen LogP contribution in [0.15, 0.2) is 48.5 Å². The minimum absolute atomic E-state index is 0.102. The summed E-state index contributed by atoms with van der Waals surface area (Å²) >= 11 is 0. The molecule has 0 aliphatic rings. The molecular formula is C22H30NO5+. The fourth-order valence-corrected chi connectivity index (χ4v) is 3.08. The van der Waals surface area contributed by atoms with E-state index in [0.717, 1.165) is 18.7 Å². The third kappa shape index (κ3) is 7.21. The summed E-state index contributed by atoms with van der Waals surface area (Å²) in [7, 11) is 5.80. The summed E-state index contributed by atoms with van der Waals surface area (Å²) < 4.78 is 11.5. The molecule has 0 aromatic heterocycles. The quantitative estimate of drug-likeness (QED) is 0.578. The van der Waals surface area contributed by atoms with Gasteiger partial charge in [0, 0.05) is 12.0 Å². The van der Waals surface area contributed by atoms with Crippen molar-refractivity contribution in [3.8, 4) is 11.5 Å². The molecule has 6 heteroatoms. The zero-order chi connectivity index (χ0) is 20.6. The molecule has 0 aliphatic heterocycles. The number of para-hydroxylation sites is 1. The van der Waals surface area contributed by atoms with E-state index in [9.17, 15) is 9.90 Å². The van der Waals surface area contributed by atoms with E-state index >= 15 is 0 Å². The van der Waals surface area contributed by atoms with E-state index in [2.05, 4.69) is 26.2 Å². The Morgan fingerprint density at radius 1 is 1.11 bits per heavy atom. The highest BCUT2D eigenvalue weighted by atomic mass is 16.5. The molecule has 0 spiro atoms. The van der Waals surface area contributed by atoms with Crippen LogP contribution in [0.3, 0.4) is 0 Å². The number of aliphatic hydroxyl groups is 1. The Morgan fingerprint density at radius 3 is 2.43 bits per heavy atom. The van der Waals surface area contributed by atoms with Crippen LogP contribution in [-0.4, -0.2) is 67.7 Å². The Bertz CT molecular complexity index is 758. The average Bonchev–Trinajstić information content (AvgIpc) is 2.65. The third-order valence-corrected chi connectivity index (χ3v) is 4.62. The molecule has 0 fully saturated rings. The van der Waals surface area contributed by atoms with Crippen molar-refractivity contribution < 1.29 is 29.0 Å². The lowest BCUT2D eigenvalue weighted by Gasteiger charge is -2.32. The first-order valence-corrected chi connectivity index (χ1v) is 9.34. The predicted molar refractivity (Wildman–Crippen MR) is 108 cm³/mol. The molecule has 1 atom stereocenters. The van der Waals surface area contributed by atoms with Gasteiger partial charge in [-0.1, -0.05) is 30.3 Å². The highest BCUT2D eigenvalue weighted by molar-refractivity contribution is 5.71. The number of aliphatic hydroxyl groups excluding tert-OH is 1. The van der Waals surface area contributed by atoms with E-state index in [1.54, 1.807) is 31.4 Å². The van der Waals surface area contributed by atoms with Crippen LogP contribution >= 0.6 is 0 Å². The van der Waals surface area contributed by atoms with Gasteiger partial charge in [0.25, 0.3) is 0 Å². The Kier molecular flexibility index (Phi) is 7.84. The van der Waals surface area contributed by atoms with E-state index in [4.69, 9.17) is 14.6 Å². The molecule has 0 saturated heterocycles. The molecule has 2 aromatic rings. The van der Waals surface area contributed by atoms with Crippen LogP contribution in [0.25, 0.3) is 0 Å². The first kappa shape index (κ1) is 21.7. The summed E-state index contributed by atoms with van der Waals surface area (Å²) in [5.41, 5.74) is 1.83. The molecule has 0 amide bonds. The number of rotatable bonds is 11. The fraction of sp³-hybridized carbons (Fsp3) is 0.409. The van der Waals surface area contributed by atoms with Gasteiger partial charge < -0.3 is 24.2 Å². The number of hydrogen-bond acceptors (Lipinski definition) is 4. The highest BCUT2D eigenvalue weighted by Gasteiger charge is 2.21. The molecule has 152 valence electrons. The van der Waals surface area contributed by atoms with Crippen molar-refractivity contribution in [2.75, 3.05) is 40.9 Å². The molecule has 28 heavy (non-hydrogen) atoms. The molecule has 6 nitrogen and oxygen atoms in total. The van der Waals surface area contributed by atoms with Gasteiger partial charge in [-0.2, -0.15) is 0 Å². The average molecular weight is 388 g/mol. The summed E-state index contributed by atoms with van der Waals surface area (Å²) in [6.45, 7) is 1.54. The zero-order valence-corrected chi connectivity index (χ0v) is 16.8. The molecule has 0 saturated carbocycles. The second kappa shape index (κ2) is 10.1. The number of carbonyl (C=O) groups is 1. The van der Waals surface area contributed by atoms with Crippen LogP contribution in [0.4, 0.5) is 0 Å². The number of benzene rings is 2. The maximum absolute atomic E-state index is 11.0. The number of ether oxygens (including phenoxy) is 2. The minimum Gasteiger partial charge on any atom is -0.497 e. The van der Waals surface area contributed by atoms with Crippen LogP contribution in [0.2, 0.25) is 0 Å². The van der Waals surface area contributed by atoms with Crippen molar-refractivity contribution >= 4 is 5.97 Å². The second-order valence-electron chi connectivity index (χ2n) is 7.58. The largest absolute Gasteiger partial charge is 0.497 e. The Hall–Kier alpha value is -2.57. The molecule has 0 heterocycles. The summed E-state index contributed by atoms with van der Waals surface area (Å²) in [5.74, 6) is 0.439. The van der Waals surface area contributed by atoms with Gasteiger partial charge in [-0.3, -0.25) is 4.79 Å². The summed E-state index contributed by atoms with van der Waals surface area (Å²) in [4.78, 5) is 11.0. The minimum atomic E-state index is -0.909. The highest BCUT2D eigenvalue weighted by Crippen LogP contribution is 2.19. The molecule has 2 N–H and O–H groups in total. The van der Waals surface area contributed by atoms with Crippen LogP contribution in [0, 0.1) is 0 Å². The van der Waals surface area contributed by atoms with Crippen LogP contribution in [0.5, 0.6) is 11.5 Å². The third-order valence-electron chi connectivity index (χ3n) is 4.62. The lowest BCUT2D eigenvalue weighted by atomic mass is 10.1. The molecule has 1 unspecified atom stereocenters. The smallest absolute Gasteiger partial charge is 0.307 e. The maximum Gasteiger partial charge on any atom is 0.307 e. The summed E-state index contributed by atoms with van der Waals surface area (Å²) in [6, 6.07) is 15.0. The number of aliphatic carboxylic acids is 1.